The lowest BCUT2D eigenvalue weighted by Crippen LogP contribution is -2.42. The first-order valence-corrected chi connectivity index (χ1v) is 9.67. The Morgan fingerprint density at radius 2 is 1.79 bits per heavy atom. The summed E-state index contributed by atoms with van der Waals surface area (Å²) in [6.45, 7) is 7.09. The van der Waals surface area contributed by atoms with Gasteiger partial charge in [0.15, 0.2) is 6.61 Å². The van der Waals surface area contributed by atoms with Crippen LogP contribution in [0.15, 0.2) is 24.3 Å². The van der Waals surface area contributed by atoms with Crippen LogP contribution >= 0.6 is 0 Å². The van der Waals surface area contributed by atoms with E-state index in [1.165, 1.54) is 0 Å². The third-order valence-electron chi connectivity index (χ3n) is 5.16. The van der Waals surface area contributed by atoms with Gasteiger partial charge in [-0.25, -0.2) is 4.79 Å². The van der Waals surface area contributed by atoms with Gasteiger partial charge >= 0.3 is 6.03 Å². The molecule has 2 aliphatic rings. The standard InChI is InChI=1S/C19H29N5O4/c1-13-17(14(2)23-22-13)11-20-19(26)21-15-3-5-16(6-4-15)28-12-18(25)24-7-9-27-10-8-24/h3-6,13-14,17,22-23H,7-12H2,1-2H3,(H2,20,21,26). The molecule has 2 atom stereocenters. The number of ether oxygens (including phenoxy) is 2. The summed E-state index contributed by atoms with van der Waals surface area (Å²) in [7, 11) is 0. The fraction of sp³-hybridized carbons (Fsp3) is 0.579. The number of nitrogens with zero attached hydrogens (tertiary/aromatic N) is 1. The SMILES string of the molecule is CC1NNC(C)C1CNC(=O)Nc1ccc(OCC(=O)N2CCOCC2)cc1. The highest BCUT2D eigenvalue weighted by atomic mass is 16.5. The van der Waals surface area contributed by atoms with E-state index in [1.807, 2.05) is 0 Å². The lowest BCUT2D eigenvalue weighted by molar-refractivity contribution is -0.137. The summed E-state index contributed by atoms with van der Waals surface area (Å²) in [4.78, 5) is 25.9. The maximum absolute atomic E-state index is 12.1. The van der Waals surface area contributed by atoms with Gasteiger partial charge in [-0.1, -0.05) is 0 Å². The van der Waals surface area contributed by atoms with E-state index in [9.17, 15) is 9.59 Å². The zero-order chi connectivity index (χ0) is 19.9. The Kier molecular flexibility index (Phi) is 7.07. The highest BCUT2D eigenvalue weighted by molar-refractivity contribution is 5.89. The molecule has 2 saturated heterocycles. The van der Waals surface area contributed by atoms with Gasteiger partial charge in [0.25, 0.3) is 5.91 Å². The molecule has 0 radical (unpaired) electrons. The first-order chi connectivity index (χ1) is 13.5. The number of nitrogens with one attached hydrogen (secondary N) is 4. The lowest BCUT2D eigenvalue weighted by Gasteiger charge is -2.26. The largest absolute Gasteiger partial charge is 0.484 e. The van der Waals surface area contributed by atoms with E-state index >= 15 is 0 Å². The summed E-state index contributed by atoms with van der Waals surface area (Å²) in [5.74, 6) is 0.855. The van der Waals surface area contributed by atoms with Crippen LogP contribution in [0, 0.1) is 5.92 Å². The summed E-state index contributed by atoms with van der Waals surface area (Å²) >= 11 is 0. The quantitative estimate of drug-likeness (QED) is 0.565. The van der Waals surface area contributed by atoms with Gasteiger partial charge in [0.05, 0.1) is 13.2 Å². The van der Waals surface area contributed by atoms with Crippen molar-refractivity contribution in [3.8, 4) is 5.75 Å². The minimum atomic E-state index is -0.248. The van der Waals surface area contributed by atoms with Crippen LogP contribution in [-0.4, -0.2) is 68.4 Å². The first kappa shape index (κ1) is 20.4. The second kappa shape index (κ2) is 9.72. The lowest BCUT2D eigenvalue weighted by atomic mass is 9.97. The molecule has 0 saturated carbocycles. The van der Waals surface area contributed by atoms with Crippen molar-refractivity contribution in [3.05, 3.63) is 24.3 Å². The van der Waals surface area contributed by atoms with Crippen molar-refractivity contribution in [2.24, 2.45) is 5.92 Å². The van der Waals surface area contributed by atoms with Crippen LogP contribution in [0.25, 0.3) is 0 Å². The molecule has 28 heavy (non-hydrogen) atoms. The number of amides is 3. The molecule has 154 valence electrons. The number of carbonyl (C=O) groups is 2. The number of carbonyl (C=O) groups excluding carboxylic acids is 2. The van der Waals surface area contributed by atoms with Crippen LogP contribution in [0.2, 0.25) is 0 Å². The van der Waals surface area contributed by atoms with Crippen molar-refractivity contribution in [1.82, 2.24) is 21.1 Å². The Balaban J connectivity index is 1.40. The molecule has 9 heteroatoms. The number of hydrogen-bond acceptors (Lipinski definition) is 6. The van der Waals surface area contributed by atoms with Gasteiger partial charge in [-0.2, -0.15) is 0 Å². The summed E-state index contributed by atoms with van der Waals surface area (Å²) in [5.41, 5.74) is 7.00. The second-order valence-corrected chi connectivity index (χ2v) is 7.17. The predicted molar refractivity (Wildman–Crippen MR) is 105 cm³/mol. The number of hydrogen-bond donors (Lipinski definition) is 4. The van der Waals surface area contributed by atoms with Gasteiger partial charge < -0.3 is 25.0 Å². The smallest absolute Gasteiger partial charge is 0.319 e. The van der Waals surface area contributed by atoms with Crippen molar-refractivity contribution in [1.29, 1.82) is 0 Å². The van der Waals surface area contributed by atoms with E-state index in [-0.39, 0.29) is 18.5 Å². The van der Waals surface area contributed by atoms with Gasteiger partial charge in [0.2, 0.25) is 0 Å². The van der Waals surface area contributed by atoms with Crippen LogP contribution in [0.3, 0.4) is 0 Å². The zero-order valence-corrected chi connectivity index (χ0v) is 16.4. The molecule has 2 aliphatic heterocycles. The topological polar surface area (TPSA) is 104 Å². The van der Waals surface area contributed by atoms with E-state index in [2.05, 4.69) is 35.3 Å². The molecule has 9 nitrogen and oxygen atoms in total. The number of benzene rings is 1. The second-order valence-electron chi connectivity index (χ2n) is 7.17. The molecule has 2 unspecified atom stereocenters. The third-order valence-corrected chi connectivity index (χ3v) is 5.16. The van der Waals surface area contributed by atoms with Crippen LogP contribution in [0.1, 0.15) is 13.8 Å². The first-order valence-electron chi connectivity index (χ1n) is 9.67. The fourth-order valence-electron chi connectivity index (χ4n) is 3.33. The number of morpholine rings is 1. The number of hydrazine groups is 1. The molecule has 1 aromatic carbocycles. The minimum absolute atomic E-state index is 0.00686. The fourth-order valence-corrected chi connectivity index (χ4v) is 3.33. The predicted octanol–water partition coefficient (Wildman–Crippen LogP) is 0.547. The average molecular weight is 391 g/mol. The number of anilines is 1. The monoisotopic (exact) mass is 391 g/mol. The third kappa shape index (κ3) is 5.57. The number of urea groups is 1. The van der Waals surface area contributed by atoms with E-state index < -0.39 is 0 Å². The van der Waals surface area contributed by atoms with Crippen LogP contribution in [0.5, 0.6) is 5.75 Å². The molecule has 0 spiro atoms. The summed E-state index contributed by atoms with van der Waals surface area (Å²) < 4.78 is 10.8. The van der Waals surface area contributed by atoms with Crippen molar-refractivity contribution >= 4 is 17.6 Å². The van der Waals surface area contributed by atoms with Gasteiger partial charge in [-0.05, 0) is 38.1 Å². The molecule has 3 amide bonds. The number of rotatable bonds is 6. The highest BCUT2D eigenvalue weighted by Crippen LogP contribution is 2.16. The van der Waals surface area contributed by atoms with Crippen molar-refractivity contribution in [3.63, 3.8) is 0 Å². The summed E-state index contributed by atoms with van der Waals surface area (Å²) in [6, 6.07) is 7.31. The van der Waals surface area contributed by atoms with E-state index in [1.54, 1.807) is 29.2 Å². The molecule has 4 N–H and O–H groups in total. The Labute approximate surface area is 165 Å². The molecule has 3 rings (SSSR count). The van der Waals surface area contributed by atoms with Crippen molar-refractivity contribution in [2.75, 3.05) is 44.8 Å². The maximum atomic E-state index is 12.1. The molecular formula is C19H29N5O4. The van der Waals surface area contributed by atoms with Gasteiger partial charge in [-0.3, -0.25) is 15.6 Å². The van der Waals surface area contributed by atoms with Gasteiger partial charge in [-0.15, -0.1) is 0 Å². The molecular weight excluding hydrogens is 362 g/mol. The molecule has 0 bridgehead atoms. The molecule has 0 aliphatic carbocycles. The van der Waals surface area contributed by atoms with E-state index in [0.29, 0.717) is 62.3 Å². The van der Waals surface area contributed by atoms with Gasteiger partial charge in [0, 0.05) is 43.3 Å². The average Bonchev–Trinajstić information content (AvgIpc) is 3.04. The van der Waals surface area contributed by atoms with Gasteiger partial charge in [0.1, 0.15) is 5.75 Å². The Morgan fingerprint density at radius 3 is 2.43 bits per heavy atom. The van der Waals surface area contributed by atoms with Crippen LogP contribution < -0.4 is 26.2 Å². The Bertz CT molecular complexity index is 653. The van der Waals surface area contributed by atoms with Crippen LogP contribution in [-0.2, 0) is 9.53 Å². The summed E-state index contributed by atoms with van der Waals surface area (Å²) in [5, 5.41) is 5.71. The molecule has 1 aromatic rings. The Hall–Kier alpha value is -2.36. The Morgan fingerprint density at radius 1 is 1.14 bits per heavy atom. The highest BCUT2D eigenvalue weighted by Gasteiger charge is 2.29. The summed E-state index contributed by atoms with van der Waals surface area (Å²) in [6.07, 6.45) is 0. The molecule has 0 aromatic heterocycles. The van der Waals surface area contributed by atoms with Crippen LogP contribution in [0.4, 0.5) is 10.5 Å². The van der Waals surface area contributed by atoms with E-state index in [0.717, 1.165) is 0 Å². The zero-order valence-electron chi connectivity index (χ0n) is 16.4. The molecule has 2 fully saturated rings. The van der Waals surface area contributed by atoms with Crippen molar-refractivity contribution < 1.29 is 19.1 Å². The van der Waals surface area contributed by atoms with Crippen molar-refractivity contribution in [2.45, 2.75) is 25.9 Å². The maximum Gasteiger partial charge on any atom is 0.319 e. The van der Waals surface area contributed by atoms with E-state index in [4.69, 9.17) is 9.47 Å². The minimum Gasteiger partial charge on any atom is -0.484 e. The molecule has 2 heterocycles. The normalized spacial score (nSPS) is 24.6.